The van der Waals surface area contributed by atoms with E-state index in [1.165, 1.54) is 50.9 Å². The van der Waals surface area contributed by atoms with Crippen LogP contribution in [0.4, 0.5) is 5.82 Å². The fourth-order valence-electron chi connectivity index (χ4n) is 3.31. The molecule has 2 fully saturated rings. The van der Waals surface area contributed by atoms with Gasteiger partial charge in [-0.05, 0) is 50.4 Å². The highest BCUT2D eigenvalue weighted by Gasteiger charge is 2.24. The quantitative estimate of drug-likeness (QED) is 0.816. The van der Waals surface area contributed by atoms with Crippen LogP contribution in [0, 0.1) is 0 Å². The first-order chi connectivity index (χ1) is 8.88. The lowest BCUT2D eigenvalue weighted by atomic mass is 10.1. The van der Waals surface area contributed by atoms with Crippen LogP contribution in [0.25, 0.3) is 0 Å². The molecular formula is C15H23N3. The first kappa shape index (κ1) is 12.0. The van der Waals surface area contributed by atoms with Crippen molar-refractivity contribution in [2.75, 3.05) is 31.1 Å². The molecule has 2 saturated heterocycles. The van der Waals surface area contributed by atoms with Crippen LogP contribution in [0.3, 0.4) is 0 Å². The zero-order valence-corrected chi connectivity index (χ0v) is 11.3. The van der Waals surface area contributed by atoms with Crippen molar-refractivity contribution in [1.29, 1.82) is 0 Å². The molecule has 3 rings (SSSR count). The Morgan fingerprint density at radius 2 is 2.00 bits per heavy atom. The lowest BCUT2D eigenvalue weighted by molar-refractivity contribution is 0.271. The van der Waals surface area contributed by atoms with Crippen LogP contribution in [-0.4, -0.2) is 36.1 Å². The van der Waals surface area contributed by atoms with Crippen molar-refractivity contribution in [3.63, 3.8) is 0 Å². The van der Waals surface area contributed by atoms with Crippen LogP contribution in [0.2, 0.25) is 0 Å². The molecule has 98 valence electrons. The van der Waals surface area contributed by atoms with E-state index in [9.17, 15) is 0 Å². The van der Waals surface area contributed by atoms with Gasteiger partial charge in [-0.3, -0.25) is 4.90 Å². The zero-order chi connectivity index (χ0) is 12.4. The van der Waals surface area contributed by atoms with Crippen LogP contribution in [-0.2, 0) is 0 Å². The van der Waals surface area contributed by atoms with E-state index in [0.717, 1.165) is 12.4 Å². The number of hydrogen-bond acceptors (Lipinski definition) is 3. The Bertz CT molecular complexity index is 381. The zero-order valence-electron chi connectivity index (χ0n) is 11.3. The molecule has 2 aliphatic heterocycles. The third-order valence-electron chi connectivity index (χ3n) is 4.36. The van der Waals surface area contributed by atoms with E-state index in [2.05, 4.69) is 40.0 Å². The van der Waals surface area contributed by atoms with Crippen LogP contribution in [0.15, 0.2) is 18.3 Å². The summed E-state index contributed by atoms with van der Waals surface area (Å²) >= 11 is 0. The summed E-state index contributed by atoms with van der Waals surface area (Å²) in [6.45, 7) is 7.01. The minimum atomic E-state index is 0.607. The summed E-state index contributed by atoms with van der Waals surface area (Å²) in [5.41, 5.74) is 1.40. The third-order valence-corrected chi connectivity index (χ3v) is 4.36. The van der Waals surface area contributed by atoms with Crippen molar-refractivity contribution in [3.05, 3.63) is 23.9 Å². The van der Waals surface area contributed by atoms with Crippen LogP contribution in [0.5, 0.6) is 0 Å². The maximum absolute atomic E-state index is 4.67. The van der Waals surface area contributed by atoms with Gasteiger partial charge in [-0.1, -0.05) is 13.0 Å². The molecule has 1 aromatic rings. The van der Waals surface area contributed by atoms with Gasteiger partial charge in [0.25, 0.3) is 0 Å². The lowest BCUT2D eigenvalue weighted by Gasteiger charge is -2.23. The van der Waals surface area contributed by atoms with E-state index in [0.29, 0.717) is 6.04 Å². The number of rotatable bonds is 3. The predicted octanol–water partition coefficient (Wildman–Crippen LogP) is 2.84. The molecular weight excluding hydrogens is 222 g/mol. The summed E-state index contributed by atoms with van der Waals surface area (Å²) in [7, 11) is 0. The molecule has 1 aromatic heterocycles. The number of nitrogens with zero attached hydrogens (tertiary/aromatic N) is 3. The summed E-state index contributed by atoms with van der Waals surface area (Å²) < 4.78 is 0. The molecule has 3 heterocycles. The van der Waals surface area contributed by atoms with Gasteiger partial charge in [0.2, 0.25) is 0 Å². The molecule has 0 spiro atoms. The fourth-order valence-corrected chi connectivity index (χ4v) is 3.31. The first-order valence-electron chi connectivity index (χ1n) is 7.33. The van der Waals surface area contributed by atoms with E-state index in [-0.39, 0.29) is 0 Å². The second-order valence-corrected chi connectivity index (χ2v) is 5.43. The third kappa shape index (κ3) is 2.24. The molecule has 3 heteroatoms. The van der Waals surface area contributed by atoms with E-state index < -0.39 is 0 Å². The summed E-state index contributed by atoms with van der Waals surface area (Å²) in [5, 5.41) is 0. The van der Waals surface area contributed by atoms with Gasteiger partial charge in [-0.25, -0.2) is 4.98 Å². The SMILES string of the molecule is CCN1CCC[C@@H]1c1ccc(N2CCCC2)nc1. The molecule has 18 heavy (non-hydrogen) atoms. The van der Waals surface area contributed by atoms with E-state index in [4.69, 9.17) is 0 Å². The Labute approximate surface area is 110 Å². The Kier molecular flexibility index (Phi) is 3.50. The number of aromatic nitrogens is 1. The van der Waals surface area contributed by atoms with Gasteiger partial charge >= 0.3 is 0 Å². The number of likely N-dealkylation sites (tertiary alicyclic amines) is 1. The van der Waals surface area contributed by atoms with Gasteiger partial charge < -0.3 is 4.90 Å². The van der Waals surface area contributed by atoms with Gasteiger partial charge in [0.05, 0.1) is 0 Å². The Balaban J connectivity index is 1.74. The second-order valence-electron chi connectivity index (χ2n) is 5.43. The topological polar surface area (TPSA) is 19.4 Å². The molecule has 0 aromatic carbocycles. The summed E-state index contributed by atoms with van der Waals surface area (Å²) in [5.74, 6) is 1.16. The Hall–Kier alpha value is -1.09. The summed E-state index contributed by atoms with van der Waals surface area (Å²) in [6.07, 6.45) is 7.35. The molecule has 0 N–H and O–H groups in total. The van der Waals surface area contributed by atoms with Crippen LogP contribution >= 0.6 is 0 Å². The smallest absolute Gasteiger partial charge is 0.128 e. The Morgan fingerprint density at radius 1 is 1.17 bits per heavy atom. The van der Waals surface area contributed by atoms with Crippen molar-refractivity contribution >= 4 is 5.82 Å². The maximum Gasteiger partial charge on any atom is 0.128 e. The average Bonchev–Trinajstić information content (AvgIpc) is 3.10. The van der Waals surface area contributed by atoms with Crippen molar-refractivity contribution in [2.24, 2.45) is 0 Å². The molecule has 1 atom stereocenters. The molecule has 0 amide bonds. The van der Waals surface area contributed by atoms with Crippen molar-refractivity contribution in [3.8, 4) is 0 Å². The monoisotopic (exact) mass is 245 g/mol. The van der Waals surface area contributed by atoms with Gasteiger partial charge in [0.15, 0.2) is 0 Å². The lowest BCUT2D eigenvalue weighted by Crippen LogP contribution is -2.23. The normalized spacial score (nSPS) is 24.9. The van der Waals surface area contributed by atoms with Crippen LogP contribution in [0.1, 0.15) is 44.2 Å². The Morgan fingerprint density at radius 3 is 2.67 bits per heavy atom. The second kappa shape index (κ2) is 5.27. The maximum atomic E-state index is 4.67. The van der Waals surface area contributed by atoms with Gasteiger partial charge in [0.1, 0.15) is 5.82 Å². The molecule has 0 radical (unpaired) electrons. The van der Waals surface area contributed by atoms with E-state index in [1.807, 2.05) is 0 Å². The fraction of sp³-hybridized carbons (Fsp3) is 0.667. The minimum absolute atomic E-state index is 0.607. The summed E-state index contributed by atoms with van der Waals surface area (Å²) in [4.78, 5) is 9.63. The highest BCUT2D eigenvalue weighted by atomic mass is 15.2. The van der Waals surface area contributed by atoms with Gasteiger partial charge in [-0.2, -0.15) is 0 Å². The van der Waals surface area contributed by atoms with Gasteiger partial charge in [-0.15, -0.1) is 0 Å². The molecule has 0 aliphatic carbocycles. The first-order valence-corrected chi connectivity index (χ1v) is 7.33. The van der Waals surface area contributed by atoms with Crippen molar-refractivity contribution in [1.82, 2.24) is 9.88 Å². The highest BCUT2D eigenvalue weighted by Crippen LogP contribution is 2.31. The van der Waals surface area contributed by atoms with Crippen LogP contribution < -0.4 is 4.90 Å². The predicted molar refractivity (Wildman–Crippen MR) is 74.9 cm³/mol. The number of hydrogen-bond donors (Lipinski definition) is 0. The average molecular weight is 245 g/mol. The van der Waals surface area contributed by atoms with Gasteiger partial charge in [0, 0.05) is 25.3 Å². The van der Waals surface area contributed by atoms with E-state index in [1.54, 1.807) is 0 Å². The van der Waals surface area contributed by atoms with Crippen molar-refractivity contribution in [2.45, 2.75) is 38.6 Å². The molecule has 0 bridgehead atoms. The summed E-state index contributed by atoms with van der Waals surface area (Å²) in [6, 6.07) is 5.11. The number of pyridine rings is 1. The van der Waals surface area contributed by atoms with E-state index >= 15 is 0 Å². The highest BCUT2D eigenvalue weighted by molar-refractivity contribution is 5.40. The van der Waals surface area contributed by atoms with Crippen molar-refractivity contribution < 1.29 is 0 Å². The molecule has 0 unspecified atom stereocenters. The largest absolute Gasteiger partial charge is 0.357 e. The minimum Gasteiger partial charge on any atom is -0.357 e. The molecule has 0 saturated carbocycles. The number of anilines is 1. The molecule has 3 nitrogen and oxygen atoms in total. The molecule has 2 aliphatic rings. The standard InChI is InChI=1S/C15H23N3/c1-2-17-11-5-6-14(17)13-7-8-15(16-12-13)18-9-3-4-10-18/h7-8,12,14H,2-6,9-11H2,1H3/t14-/m1/s1.